The van der Waals surface area contributed by atoms with E-state index < -0.39 is 11.7 Å². The van der Waals surface area contributed by atoms with Gasteiger partial charge < -0.3 is 4.98 Å². The third-order valence-electron chi connectivity index (χ3n) is 2.48. The van der Waals surface area contributed by atoms with E-state index in [0.29, 0.717) is 15.9 Å². The lowest BCUT2D eigenvalue weighted by Crippen LogP contribution is -2.20. The van der Waals surface area contributed by atoms with Crippen LogP contribution in [0.25, 0.3) is 10.6 Å². The summed E-state index contributed by atoms with van der Waals surface area (Å²) in [5.41, 5.74) is 1.68. The molecule has 17 heavy (non-hydrogen) atoms. The molecule has 0 aromatic carbocycles. The van der Waals surface area contributed by atoms with Crippen LogP contribution in [0.5, 0.6) is 0 Å². The van der Waals surface area contributed by atoms with Gasteiger partial charge in [-0.15, -0.1) is 11.3 Å². The first kappa shape index (κ1) is 11.2. The number of H-pyrrole nitrogens is 1. The highest BCUT2D eigenvalue weighted by Gasteiger charge is 2.39. The highest BCUT2D eigenvalue weighted by atomic mass is 79.9. The molecule has 86 valence electrons. The van der Waals surface area contributed by atoms with Crippen LogP contribution in [0.2, 0.25) is 0 Å². The number of nitrogens with one attached hydrogen (secondary N) is 1. The van der Waals surface area contributed by atoms with Gasteiger partial charge in [0.05, 0.1) is 36.9 Å². The third kappa shape index (κ3) is 1.46. The molecule has 2 aromatic rings. The number of aromatic amines is 1. The Balaban J connectivity index is 2.23. The van der Waals surface area contributed by atoms with Gasteiger partial charge in [-0.3, -0.25) is 9.59 Å². The molecule has 3 heterocycles. The number of hydrogen-bond acceptors (Lipinski definition) is 3. The van der Waals surface area contributed by atoms with Crippen LogP contribution in [0.3, 0.4) is 0 Å². The Bertz CT molecular complexity index is 633. The summed E-state index contributed by atoms with van der Waals surface area (Å²) in [5, 5.41) is 1.95. The minimum atomic E-state index is -0.579. The molecule has 1 N–H and O–H groups in total. The number of Topliss-reactive ketones (excluding diaryl/α,β-unsaturated/α-hetero) is 1. The molecule has 0 bridgehead atoms. The first-order valence-electron chi connectivity index (χ1n) is 4.61. The molecule has 3 rings (SSSR count). The highest BCUT2D eigenvalue weighted by molar-refractivity contribution is 9.11. The lowest BCUT2D eigenvalue weighted by Gasteiger charge is -2.05. The molecule has 0 atom stereocenters. The maximum Gasteiger partial charge on any atom is 0.311 e. The molecule has 0 fully saturated rings. The Morgan fingerprint density at radius 3 is 2.65 bits per heavy atom. The lowest BCUT2D eigenvalue weighted by molar-refractivity contribution is -0.113. The second-order valence-corrected chi connectivity index (χ2v) is 5.88. The first-order chi connectivity index (χ1) is 8.11. The molecule has 0 spiro atoms. The van der Waals surface area contributed by atoms with Gasteiger partial charge in [-0.05, 0) is 27.4 Å². The number of fused-ring (bicyclic) bond motifs is 1. The fourth-order valence-corrected chi connectivity index (χ4v) is 4.01. The van der Waals surface area contributed by atoms with Crippen molar-refractivity contribution in [3.63, 3.8) is 0 Å². The molecule has 2 aromatic heterocycles. The molecule has 0 radical (unpaired) electrons. The van der Waals surface area contributed by atoms with Crippen LogP contribution in [0.4, 0.5) is 5.69 Å². The van der Waals surface area contributed by atoms with Gasteiger partial charge in [0.25, 0.3) is 5.78 Å². The van der Waals surface area contributed by atoms with Crippen molar-refractivity contribution in [3.8, 4) is 10.6 Å². The number of halogens is 2. The Morgan fingerprint density at radius 1 is 1.29 bits per heavy atom. The SMILES string of the molecule is O=C1C(=O)N(Br)c2c1[nH]c(-c1cccs1)c2Br. The summed E-state index contributed by atoms with van der Waals surface area (Å²) in [6.07, 6.45) is 0. The molecule has 4 nitrogen and oxygen atoms in total. The average Bonchev–Trinajstić information content (AvgIpc) is 2.97. The Morgan fingerprint density at radius 2 is 2.06 bits per heavy atom. The number of rotatable bonds is 1. The van der Waals surface area contributed by atoms with Crippen LogP contribution in [0.1, 0.15) is 10.5 Å². The van der Waals surface area contributed by atoms with Gasteiger partial charge in [-0.25, -0.2) is 3.93 Å². The van der Waals surface area contributed by atoms with Gasteiger partial charge in [0, 0.05) is 0 Å². The van der Waals surface area contributed by atoms with E-state index in [2.05, 4.69) is 37.1 Å². The molecule has 1 aliphatic rings. The van der Waals surface area contributed by atoms with E-state index in [-0.39, 0.29) is 0 Å². The van der Waals surface area contributed by atoms with E-state index in [0.717, 1.165) is 10.6 Å². The van der Waals surface area contributed by atoms with Crippen LogP contribution in [0.15, 0.2) is 22.0 Å². The number of carbonyl (C=O) groups is 2. The van der Waals surface area contributed by atoms with Crippen molar-refractivity contribution < 1.29 is 9.59 Å². The van der Waals surface area contributed by atoms with E-state index in [1.54, 1.807) is 11.3 Å². The van der Waals surface area contributed by atoms with E-state index in [1.165, 1.54) is 3.93 Å². The number of thiophene rings is 1. The largest absolute Gasteiger partial charge is 0.348 e. The number of hydrogen-bond donors (Lipinski definition) is 1. The summed E-state index contributed by atoms with van der Waals surface area (Å²) in [7, 11) is 0. The first-order valence-corrected chi connectivity index (χ1v) is 6.99. The quantitative estimate of drug-likeness (QED) is 0.613. The number of ketones is 1. The zero-order valence-electron chi connectivity index (χ0n) is 8.16. The zero-order chi connectivity index (χ0) is 12.2. The number of aromatic nitrogens is 1. The average molecular weight is 376 g/mol. The topological polar surface area (TPSA) is 53.2 Å². The molecular weight excluding hydrogens is 372 g/mol. The maximum absolute atomic E-state index is 11.7. The van der Waals surface area contributed by atoms with E-state index >= 15 is 0 Å². The van der Waals surface area contributed by atoms with Gasteiger partial charge in [0.1, 0.15) is 5.69 Å². The fraction of sp³-hybridized carbons (Fsp3) is 0. The van der Waals surface area contributed by atoms with Crippen molar-refractivity contribution in [1.82, 2.24) is 4.98 Å². The minimum Gasteiger partial charge on any atom is -0.348 e. The van der Waals surface area contributed by atoms with Crippen LogP contribution < -0.4 is 3.93 Å². The molecular formula is C10H4Br2N2O2S. The third-order valence-corrected chi connectivity index (χ3v) is 4.81. The second kappa shape index (κ2) is 3.79. The minimum absolute atomic E-state index is 0.321. The molecule has 0 saturated carbocycles. The fourth-order valence-electron chi connectivity index (χ4n) is 1.70. The monoisotopic (exact) mass is 374 g/mol. The van der Waals surface area contributed by atoms with Crippen LogP contribution in [0, 0.1) is 0 Å². The van der Waals surface area contributed by atoms with Gasteiger partial charge in [0.15, 0.2) is 0 Å². The van der Waals surface area contributed by atoms with Crippen molar-refractivity contribution in [2.75, 3.05) is 3.93 Å². The highest BCUT2D eigenvalue weighted by Crippen LogP contribution is 2.44. The molecule has 1 aliphatic heterocycles. The van der Waals surface area contributed by atoms with Crippen molar-refractivity contribution >= 4 is 60.8 Å². The van der Waals surface area contributed by atoms with Gasteiger partial charge >= 0.3 is 5.91 Å². The Labute approximate surface area is 117 Å². The summed E-state index contributed by atoms with van der Waals surface area (Å²) in [5.74, 6) is -1.11. The number of carbonyl (C=O) groups excluding carboxylic acids is 2. The van der Waals surface area contributed by atoms with E-state index in [9.17, 15) is 9.59 Å². The summed E-state index contributed by atoms with van der Waals surface area (Å²) < 4.78 is 1.90. The van der Waals surface area contributed by atoms with Gasteiger partial charge in [-0.1, -0.05) is 6.07 Å². The van der Waals surface area contributed by atoms with E-state index in [4.69, 9.17) is 0 Å². The van der Waals surface area contributed by atoms with Crippen LogP contribution in [-0.2, 0) is 4.79 Å². The van der Waals surface area contributed by atoms with Gasteiger partial charge in [0.2, 0.25) is 0 Å². The zero-order valence-corrected chi connectivity index (χ0v) is 12.1. The van der Waals surface area contributed by atoms with Crippen molar-refractivity contribution in [1.29, 1.82) is 0 Å². The van der Waals surface area contributed by atoms with Crippen LogP contribution >= 0.6 is 43.4 Å². The molecule has 7 heteroatoms. The summed E-state index contributed by atoms with van der Waals surface area (Å²) >= 11 is 8.06. The maximum atomic E-state index is 11.7. The summed E-state index contributed by atoms with van der Waals surface area (Å²) in [6, 6.07) is 3.87. The number of anilines is 1. The Kier molecular flexibility index (Phi) is 2.49. The molecule has 0 unspecified atom stereocenters. The second-order valence-electron chi connectivity index (χ2n) is 3.43. The lowest BCUT2D eigenvalue weighted by atomic mass is 10.3. The standard InChI is InChI=1S/C10H4Br2N2O2S/c11-5-6(4-2-1-3-17-4)13-7-8(5)14(12)10(16)9(7)15/h1-3,13H. The van der Waals surface area contributed by atoms with Crippen LogP contribution in [-0.4, -0.2) is 16.7 Å². The normalized spacial score (nSPS) is 14.6. The Hall–Kier alpha value is -0.920. The van der Waals surface area contributed by atoms with Crippen molar-refractivity contribution in [3.05, 3.63) is 27.7 Å². The van der Waals surface area contributed by atoms with E-state index in [1.807, 2.05) is 17.5 Å². The number of amides is 1. The predicted octanol–water partition coefficient (Wildman–Crippen LogP) is 3.34. The predicted molar refractivity (Wildman–Crippen MR) is 72.5 cm³/mol. The summed E-state index contributed by atoms with van der Waals surface area (Å²) in [4.78, 5) is 27.1. The molecule has 0 aliphatic carbocycles. The molecule has 1 amide bonds. The van der Waals surface area contributed by atoms with Gasteiger partial charge in [-0.2, -0.15) is 0 Å². The number of nitrogens with zero attached hydrogens (tertiary/aromatic N) is 1. The summed E-state index contributed by atoms with van der Waals surface area (Å²) in [6.45, 7) is 0. The molecule has 0 saturated heterocycles. The van der Waals surface area contributed by atoms with Crippen molar-refractivity contribution in [2.24, 2.45) is 0 Å². The van der Waals surface area contributed by atoms with Crippen molar-refractivity contribution in [2.45, 2.75) is 0 Å². The smallest absolute Gasteiger partial charge is 0.311 e.